The molecule has 0 spiro atoms. The van der Waals surface area contributed by atoms with Crippen molar-refractivity contribution in [1.82, 2.24) is 10.6 Å². The zero-order valence-corrected chi connectivity index (χ0v) is 17.0. The molecule has 0 saturated heterocycles. The average molecular weight is 384 g/mol. The smallest absolute Gasteiger partial charge is 0.407 e. The number of ether oxygens (including phenoxy) is 2. The Morgan fingerprint density at radius 2 is 1.81 bits per heavy atom. The summed E-state index contributed by atoms with van der Waals surface area (Å²) in [5.74, 6) is -1.37. The third-order valence-corrected chi connectivity index (χ3v) is 4.20. The number of alkyl carbamates (subject to hydrolysis) is 1. The van der Waals surface area contributed by atoms with Crippen molar-refractivity contribution in [3.63, 3.8) is 0 Å². The van der Waals surface area contributed by atoms with Gasteiger partial charge in [-0.05, 0) is 39.7 Å². The van der Waals surface area contributed by atoms with Gasteiger partial charge >= 0.3 is 12.1 Å². The summed E-state index contributed by atoms with van der Waals surface area (Å²) in [5.41, 5.74) is -0.562. The number of hydrogen-bond donors (Lipinski definition) is 3. The maximum absolute atomic E-state index is 12.2. The van der Waals surface area contributed by atoms with Crippen molar-refractivity contribution in [2.45, 2.75) is 90.7 Å². The van der Waals surface area contributed by atoms with Gasteiger partial charge < -0.3 is 25.2 Å². The summed E-state index contributed by atoms with van der Waals surface area (Å²) in [6, 6.07) is -1.27. The van der Waals surface area contributed by atoms with Gasteiger partial charge in [0, 0.05) is 18.9 Å². The molecule has 1 rings (SSSR count). The normalized spacial score (nSPS) is 22.8. The van der Waals surface area contributed by atoms with E-state index in [-0.39, 0.29) is 24.0 Å². The summed E-state index contributed by atoms with van der Waals surface area (Å²) < 4.78 is 11.3. The SMILES string of the molecule is CCC(CC)O[C@@H]1C=C(C(=O)O)C[C@H](NC(=O)OC(C)(C)C)C1NC(C)=O. The summed E-state index contributed by atoms with van der Waals surface area (Å²) in [7, 11) is 0. The van der Waals surface area contributed by atoms with E-state index in [9.17, 15) is 19.5 Å². The lowest BCUT2D eigenvalue weighted by atomic mass is 9.87. The Hall–Kier alpha value is -2.09. The fourth-order valence-electron chi connectivity index (χ4n) is 2.97. The third-order valence-electron chi connectivity index (χ3n) is 4.20. The Balaban J connectivity index is 3.13. The molecular weight excluding hydrogens is 352 g/mol. The molecule has 8 heteroatoms. The van der Waals surface area contributed by atoms with Crippen molar-refractivity contribution in [3.8, 4) is 0 Å². The molecule has 154 valence electrons. The molecule has 1 aliphatic rings. The van der Waals surface area contributed by atoms with Gasteiger partial charge in [-0.3, -0.25) is 4.79 Å². The molecule has 27 heavy (non-hydrogen) atoms. The highest BCUT2D eigenvalue weighted by Crippen LogP contribution is 2.25. The second-order valence-electron chi connectivity index (χ2n) is 7.72. The molecule has 1 aliphatic carbocycles. The number of carboxylic acid groups (broad SMARTS) is 1. The van der Waals surface area contributed by atoms with Crippen LogP contribution in [0.3, 0.4) is 0 Å². The molecule has 8 nitrogen and oxygen atoms in total. The first-order valence-corrected chi connectivity index (χ1v) is 9.32. The predicted octanol–water partition coefficient (Wildman–Crippen LogP) is 2.37. The molecule has 0 fully saturated rings. The first-order chi connectivity index (χ1) is 12.5. The zero-order chi connectivity index (χ0) is 20.8. The summed E-state index contributed by atoms with van der Waals surface area (Å²) in [4.78, 5) is 35.5. The van der Waals surface area contributed by atoms with Crippen LogP contribution < -0.4 is 10.6 Å². The lowest BCUT2D eigenvalue weighted by Gasteiger charge is -2.38. The molecule has 2 amide bonds. The van der Waals surface area contributed by atoms with E-state index >= 15 is 0 Å². The van der Waals surface area contributed by atoms with Gasteiger partial charge in [-0.1, -0.05) is 13.8 Å². The summed E-state index contributed by atoms with van der Waals surface area (Å²) in [5, 5.41) is 14.9. The summed E-state index contributed by atoms with van der Waals surface area (Å²) >= 11 is 0. The topological polar surface area (TPSA) is 114 Å². The molecule has 0 aromatic heterocycles. The van der Waals surface area contributed by atoms with Crippen LogP contribution >= 0.6 is 0 Å². The fraction of sp³-hybridized carbons (Fsp3) is 0.737. The Kier molecular flexibility index (Phi) is 8.27. The van der Waals surface area contributed by atoms with Crippen LogP contribution in [-0.4, -0.2) is 53.0 Å². The van der Waals surface area contributed by atoms with Gasteiger partial charge in [0.25, 0.3) is 0 Å². The molecule has 3 atom stereocenters. The predicted molar refractivity (Wildman–Crippen MR) is 100 cm³/mol. The van der Waals surface area contributed by atoms with E-state index in [4.69, 9.17) is 9.47 Å². The lowest BCUT2D eigenvalue weighted by Crippen LogP contribution is -2.60. The van der Waals surface area contributed by atoms with E-state index in [2.05, 4.69) is 10.6 Å². The van der Waals surface area contributed by atoms with E-state index < -0.39 is 35.9 Å². The van der Waals surface area contributed by atoms with Gasteiger partial charge in [0.1, 0.15) is 5.60 Å². The number of carboxylic acids is 1. The largest absolute Gasteiger partial charge is 0.478 e. The first-order valence-electron chi connectivity index (χ1n) is 9.32. The van der Waals surface area contributed by atoms with Gasteiger partial charge in [-0.15, -0.1) is 0 Å². The number of hydrogen-bond acceptors (Lipinski definition) is 5. The Morgan fingerprint density at radius 3 is 2.26 bits per heavy atom. The minimum atomic E-state index is -1.08. The monoisotopic (exact) mass is 384 g/mol. The van der Waals surface area contributed by atoms with E-state index in [0.717, 1.165) is 12.8 Å². The van der Waals surface area contributed by atoms with Crippen LogP contribution in [0.25, 0.3) is 0 Å². The van der Waals surface area contributed by atoms with Crippen LogP contribution in [0.5, 0.6) is 0 Å². The minimum Gasteiger partial charge on any atom is -0.478 e. The molecule has 0 aliphatic heterocycles. The lowest BCUT2D eigenvalue weighted by molar-refractivity contribution is -0.133. The molecule has 0 aromatic carbocycles. The van der Waals surface area contributed by atoms with Gasteiger partial charge in [-0.25, -0.2) is 9.59 Å². The Bertz CT molecular complexity index is 577. The quantitative estimate of drug-likeness (QED) is 0.621. The second kappa shape index (κ2) is 9.73. The molecule has 0 heterocycles. The highest BCUT2D eigenvalue weighted by Gasteiger charge is 2.38. The van der Waals surface area contributed by atoms with Gasteiger partial charge in [0.2, 0.25) is 5.91 Å². The van der Waals surface area contributed by atoms with Crippen LogP contribution in [0.4, 0.5) is 4.79 Å². The van der Waals surface area contributed by atoms with Crippen LogP contribution in [0.15, 0.2) is 11.6 Å². The zero-order valence-electron chi connectivity index (χ0n) is 17.0. The highest BCUT2D eigenvalue weighted by molar-refractivity contribution is 5.87. The third kappa shape index (κ3) is 7.58. The van der Waals surface area contributed by atoms with E-state index in [1.165, 1.54) is 13.0 Å². The number of aliphatic carboxylic acids is 1. The Labute approximate surface area is 160 Å². The van der Waals surface area contributed by atoms with E-state index in [1.54, 1.807) is 20.8 Å². The molecule has 0 bridgehead atoms. The van der Waals surface area contributed by atoms with Gasteiger partial charge in [-0.2, -0.15) is 0 Å². The standard InChI is InChI=1S/C19H32N2O6/c1-7-13(8-2)26-15-10-12(17(23)24)9-14(16(15)20-11(3)22)21-18(25)27-19(4,5)6/h10,13-16H,7-9H2,1-6H3,(H,20,22)(H,21,25)(H,23,24)/t14-,15+,16?/m0/s1. The van der Waals surface area contributed by atoms with Crippen molar-refractivity contribution >= 4 is 18.0 Å². The number of amides is 2. The highest BCUT2D eigenvalue weighted by atomic mass is 16.6. The molecule has 0 aromatic rings. The number of nitrogens with one attached hydrogen (secondary N) is 2. The van der Waals surface area contributed by atoms with Crippen LogP contribution in [0.1, 0.15) is 60.8 Å². The van der Waals surface area contributed by atoms with Gasteiger partial charge in [0.05, 0.1) is 24.3 Å². The summed E-state index contributed by atoms with van der Waals surface area (Å²) in [6.07, 6.45) is 1.66. The van der Waals surface area contributed by atoms with Crippen LogP contribution in [0.2, 0.25) is 0 Å². The van der Waals surface area contributed by atoms with Crippen molar-refractivity contribution in [2.75, 3.05) is 0 Å². The van der Waals surface area contributed by atoms with Crippen molar-refractivity contribution in [2.24, 2.45) is 0 Å². The van der Waals surface area contributed by atoms with Crippen molar-refractivity contribution in [1.29, 1.82) is 0 Å². The average Bonchev–Trinajstić information content (AvgIpc) is 2.52. The van der Waals surface area contributed by atoms with E-state index in [0.29, 0.717) is 0 Å². The fourth-order valence-corrected chi connectivity index (χ4v) is 2.97. The van der Waals surface area contributed by atoms with E-state index in [1.807, 2.05) is 13.8 Å². The number of carbonyl (C=O) groups excluding carboxylic acids is 2. The second-order valence-corrected chi connectivity index (χ2v) is 7.72. The minimum absolute atomic E-state index is 0.0578. The maximum atomic E-state index is 12.2. The maximum Gasteiger partial charge on any atom is 0.407 e. The molecular formula is C19H32N2O6. The Morgan fingerprint density at radius 1 is 1.22 bits per heavy atom. The van der Waals surface area contributed by atoms with Crippen molar-refractivity contribution < 1.29 is 29.0 Å². The molecule has 1 unspecified atom stereocenters. The molecule has 3 N–H and O–H groups in total. The first kappa shape index (κ1) is 23.0. The van der Waals surface area contributed by atoms with Gasteiger partial charge in [0.15, 0.2) is 0 Å². The molecule has 0 saturated carbocycles. The van der Waals surface area contributed by atoms with Crippen LogP contribution in [-0.2, 0) is 19.1 Å². The number of carbonyl (C=O) groups is 3. The van der Waals surface area contributed by atoms with Crippen LogP contribution in [0, 0.1) is 0 Å². The number of rotatable bonds is 7. The van der Waals surface area contributed by atoms with Crippen molar-refractivity contribution in [3.05, 3.63) is 11.6 Å². The molecule has 0 radical (unpaired) electrons. The summed E-state index contributed by atoms with van der Waals surface area (Å²) in [6.45, 7) is 10.5.